The maximum Gasteiger partial charge on any atom is 0.240 e. The Balaban J connectivity index is 2.09. The molecule has 0 spiro atoms. The first kappa shape index (κ1) is 13.7. The van der Waals surface area contributed by atoms with Crippen molar-refractivity contribution in [2.45, 2.75) is 19.4 Å². The summed E-state index contributed by atoms with van der Waals surface area (Å²) in [5.74, 6) is 0.0439. The van der Waals surface area contributed by atoms with E-state index >= 15 is 0 Å². The molecule has 2 heterocycles. The predicted molar refractivity (Wildman–Crippen MR) is 75.0 cm³/mol. The summed E-state index contributed by atoms with van der Waals surface area (Å²) in [5.41, 5.74) is -0.623. The van der Waals surface area contributed by atoms with E-state index in [1.165, 1.54) is 11.3 Å². The third-order valence-corrected chi connectivity index (χ3v) is 4.86. The summed E-state index contributed by atoms with van der Waals surface area (Å²) in [6.45, 7) is 5.28. The van der Waals surface area contributed by atoms with Crippen molar-refractivity contribution >= 4 is 39.0 Å². The monoisotopic (exact) mass is 330 g/mol. The lowest BCUT2D eigenvalue weighted by atomic mass is 9.98. The maximum atomic E-state index is 12.1. The summed E-state index contributed by atoms with van der Waals surface area (Å²) in [7, 11) is 0. The molecule has 1 fully saturated rings. The van der Waals surface area contributed by atoms with Crippen LogP contribution in [0, 0.1) is 0 Å². The second-order valence-electron chi connectivity index (χ2n) is 4.76. The summed E-state index contributed by atoms with van der Waals surface area (Å²) in [6, 6.07) is 3.68. The molecule has 1 aliphatic rings. The highest BCUT2D eigenvalue weighted by Gasteiger charge is 2.38. The number of carbonyl (C=O) groups is 2. The van der Waals surface area contributed by atoms with Gasteiger partial charge in [0, 0.05) is 13.1 Å². The van der Waals surface area contributed by atoms with E-state index in [2.05, 4.69) is 21.2 Å². The van der Waals surface area contributed by atoms with Crippen molar-refractivity contribution in [1.82, 2.24) is 10.2 Å². The number of rotatable bonds is 3. The third kappa shape index (κ3) is 2.65. The van der Waals surface area contributed by atoms with E-state index < -0.39 is 5.54 Å². The lowest BCUT2D eigenvalue weighted by Gasteiger charge is -2.40. The molecular formula is C12H15BrN2O2S. The predicted octanol–water partition coefficient (Wildman–Crippen LogP) is 1.90. The molecule has 1 aromatic heterocycles. The fourth-order valence-electron chi connectivity index (χ4n) is 1.94. The van der Waals surface area contributed by atoms with Crippen LogP contribution in [0.3, 0.4) is 0 Å². The summed E-state index contributed by atoms with van der Waals surface area (Å²) in [4.78, 5) is 26.6. The van der Waals surface area contributed by atoms with E-state index in [0.717, 1.165) is 8.66 Å². The number of nitrogens with zero attached hydrogens (tertiary/aromatic N) is 1. The fraction of sp³-hybridized carbons (Fsp3) is 0.500. The van der Waals surface area contributed by atoms with Crippen LogP contribution in [-0.4, -0.2) is 41.8 Å². The van der Waals surface area contributed by atoms with Crippen LogP contribution >= 0.6 is 27.3 Å². The lowest BCUT2D eigenvalue weighted by molar-refractivity contribution is -0.134. The molecule has 6 heteroatoms. The second kappa shape index (κ2) is 5.11. The number of nitrogens with one attached hydrogen (secondary N) is 1. The standard InChI is InChI=1S/C12H15BrN2O2S/c1-12(2)11(17)14-5-6-15(12)7-8(16)9-3-4-10(13)18-9/h3-4H,5-7H2,1-2H3,(H,14,17). The van der Waals surface area contributed by atoms with Crippen molar-refractivity contribution < 1.29 is 9.59 Å². The van der Waals surface area contributed by atoms with Crippen LogP contribution in [0.5, 0.6) is 0 Å². The zero-order valence-corrected chi connectivity index (χ0v) is 12.7. The summed E-state index contributed by atoms with van der Waals surface area (Å²) < 4.78 is 0.946. The van der Waals surface area contributed by atoms with Gasteiger partial charge in [0.2, 0.25) is 5.91 Å². The molecule has 4 nitrogen and oxygen atoms in total. The van der Waals surface area contributed by atoms with Gasteiger partial charge in [-0.25, -0.2) is 0 Å². The van der Waals surface area contributed by atoms with E-state index in [4.69, 9.17) is 0 Å². The second-order valence-corrected chi connectivity index (χ2v) is 7.23. The Morgan fingerprint density at radius 3 is 2.89 bits per heavy atom. The molecule has 2 rings (SSSR count). The Morgan fingerprint density at radius 2 is 2.28 bits per heavy atom. The van der Waals surface area contributed by atoms with Crippen LogP contribution in [0.4, 0.5) is 0 Å². The summed E-state index contributed by atoms with van der Waals surface area (Å²) in [5, 5.41) is 2.82. The van der Waals surface area contributed by atoms with Crippen LogP contribution in [0.1, 0.15) is 23.5 Å². The zero-order valence-electron chi connectivity index (χ0n) is 10.3. The van der Waals surface area contributed by atoms with Crippen LogP contribution in [0.15, 0.2) is 15.9 Å². The zero-order chi connectivity index (χ0) is 13.3. The number of Topliss-reactive ketones (excluding diaryl/α,β-unsaturated/α-hetero) is 1. The van der Waals surface area contributed by atoms with E-state index in [0.29, 0.717) is 13.1 Å². The first-order valence-electron chi connectivity index (χ1n) is 5.73. The molecule has 1 amide bonds. The molecule has 0 aliphatic carbocycles. The minimum Gasteiger partial charge on any atom is -0.353 e. The lowest BCUT2D eigenvalue weighted by Crippen LogP contribution is -2.62. The number of ketones is 1. The van der Waals surface area contributed by atoms with Crippen molar-refractivity contribution in [2.24, 2.45) is 0 Å². The van der Waals surface area contributed by atoms with Gasteiger partial charge in [0.1, 0.15) is 0 Å². The van der Waals surface area contributed by atoms with Gasteiger partial charge in [-0.3, -0.25) is 14.5 Å². The first-order chi connectivity index (χ1) is 8.41. The van der Waals surface area contributed by atoms with Crippen molar-refractivity contribution in [2.75, 3.05) is 19.6 Å². The Hall–Kier alpha value is -0.720. The highest BCUT2D eigenvalue weighted by atomic mass is 79.9. The molecule has 98 valence electrons. The minimum atomic E-state index is -0.623. The average molecular weight is 331 g/mol. The molecule has 0 saturated carbocycles. The molecule has 0 radical (unpaired) electrons. The van der Waals surface area contributed by atoms with Crippen molar-refractivity contribution in [3.8, 4) is 0 Å². The molecule has 0 atom stereocenters. The molecule has 1 aromatic rings. The van der Waals surface area contributed by atoms with Gasteiger partial charge in [0.05, 0.1) is 20.7 Å². The highest BCUT2D eigenvalue weighted by molar-refractivity contribution is 9.11. The normalized spacial score (nSPS) is 19.6. The minimum absolute atomic E-state index is 0.0195. The number of carbonyl (C=O) groups excluding carboxylic acids is 2. The van der Waals surface area contributed by atoms with Crippen LogP contribution in [-0.2, 0) is 4.79 Å². The Labute approximate surface area is 118 Å². The topological polar surface area (TPSA) is 49.4 Å². The van der Waals surface area contributed by atoms with Gasteiger partial charge in [-0.15, -0.1) is 11.3 Å². The first-order valence-corrected chi connectivity index (χ1v) is 7.34. The number of hydrogen-bond acceptors (Lipinski definition) is 4. The number of amides is 1. The van der Waals surface area contributed by atoms with E-state index in [9.17, 15) is 9.59 Å². The van der Waals surface area contributed by atoms with Gasteiger partial charge in [0.25, 0.3) is 0 Å². The molecule has 1 aliphatic heterocycles. The largest absolute Gasteiger partial charge is 0.353 e. The Bertz CT molecular complexity index is 484. The molecule has 0 bridgehead atoms. The molecule has 0 aromatic carbocycles. The number of piperazine rings is 1. The van der Waals surface area contributed by atoms with Gasteiger partial charge >= 0.3 is 0 Å². The van der Waals surface area contributed by atoms with Crippen LogP contribution in [0.25, 0.3) is 0 Å². The van der Waals surface area contributed by atoms with Crippen molar-refractivity contribution in [3.63, 3.8) is 0 Å². The van der Waals surface area contributed by atoms with E-state index in [1.807, 2.05) is 30.9 Å². The molecular weight excluding hydrogens is 316 g/mol. The van der Waals surface area contributed by atoms with Gasteiger partial charge in [0.15, 0.2) is 5.78 Å². The van der Waals surface area contributed by atoms with Gasteiger partial charge in [-0.2, -0.15) is 0 Å². The molecule has 0 unspecified atom stereocenters. The van der Waals surface area contributed by atoms with Crippen LogP contribution < -0.4 is 5.32 Å². The molecule has 1 N–H and O–H groups in total. The maximum absolute atomic E-state index is 12.1. The van der Waals surface area contributed by atoms with Crippen molar-refractivity contribution in [1.29, 1.82) is 0 Å². The highest BCUT2D eigenvalue weighted by Crippen LogP contribution is 2.24. The third-order valence-electron chi connectivity index (χ3n) is 3.20. The Kier molecular flexibility index (Phi) is 3.89. The summed E-state index contributed by atoms with van der Waals surface area (Å²) in [6.07, 6.45) is 0. The van der Waals surface area contributed by atoms with Gasteiger partial charge in [-0.1, -0.05) is 0 Å². The smallest absolute Gasteiger partial charge is 0.240 e. The van der Waals surface area contributed by atoms with E-state index in [1.54, 1.807) is 0 Å². The quantitative estimate of drug-likeness (QED) is 0.861. The van der Waals surface area contributed by atoms with Crippen molar-refractivity contribution in [3.05, 3.63) is 20.8 Å². The van der Waals surface area contributed by atoms with E-state index in [-0.39, 0.29) is 18.2 Å². The fourth-order valence-corrected chi connectivity index (χ4v) is 3.25. The van der Waals surface area contributed by atoms with Crippen LogP contribution in [0.2, 0.25) is 0 Å². The Morgan fingerprint density at radius 1 is 1.56 bits per heavy atom. The van der Waals surface area contributed by atoms with Gasteiger partial charge in [-0.05, 0) is 41.9 Å². The SMILES string of the molecule is CC1(C)C(=O)NCCN1CC(=O)c1ccc(Br)s1. The molecule has 1 saturated heterocycles. The number of thiophene rings is 1. The van der Waals surface area contributed by atoms with Gasteiger partial charge < -0.3 is 5.32 Å². The summed E-state index contributed by atoms with van der Waals surface area (Å²) >= 11 is 4.77. The average Bonchev–Trinajstić information content (AvgIpc) is 2.72. The number of halogens is 1. The molecule has 18 heavy (non-hydrogen) atoms. The number of hydrogen-bond donors (Lipinski definition) is 1.